The first-order valence-electron chi connectivity index (χ1n) is 7.73. The fourth-order valence-electron chi connectivity index (χ4n) is 2.23. The number of aromatic nitrogens is 2. The maximum Gasteiger partial charge on any atom is 0.325 e. The molecule has 0 aliphatic heterocycles. The Hall–Kier alpha value is -4.92. The third kappa shape index (κ3) is 4.18. The van der Waals surface area contributed by atoms with E-state index in [1.54, 1.807) is 0 Å². The first-order valence-corrected chi connectivity index (χ1v) is 7.73. The average Bonchev–Trinajstić information content (AvgIpc) is 2.73. The van der Waals surface area contributed by atoms with Gasteiger partial charge in [-0.05, 0) is 36.4 Å². The lowest BCUT2D eigenvalue weighted by Gasteiger charge is -2.08. The molecule has 130 valence electrons. The van der Waals surface area contributed by atoms with Crippen LogP contribution in [0.15, 0.2) is 48.7 Å². The molecule has 8 heteroatoms. The van der Waals surface area contributed by atoms with Crippen molar-refractivity contribution in [1.29, 1.82) is 21.0 Å². The van der Waals surface area contributed by atoms with Gasteiger partial charge in [-0.1, -0.05) is 0 Å². The summed E-state index contributed by atoms with van der Waals surface area (Å²) in [4.78, 5) is 8.07. The molecule has 0 unspecified atom stereocenters. The summed E-state index contributed by atoms with van der Waals surface area (Å²) in [5.74, 6) is 0.616. The van der Waals surface area contributed by atoms with Crippen LogP contribution in [0, 0.1) is 45.3 Å². The van der Waals surface area contributed by atoms with E-state index in [1.165, 1.54) is 48.7 Å². The molecule has 1 aromatic heterocycles. The van der Waals surface area contributed by atoms with Crippen molar-refractivity contribution in [3.05, 3.63) is 70.9 Å². The van der Waals surface area contributed by atoms with Crippen molar-refractivity contribution in [1.82, 2.24) is 9.97 Å². The summed E-state index contributed by atoms with van der Waals surface area (Å²) in [5, 5.41) is 36.1. The second-order valence-electron chi connectivity index (χ2n) is 5.32. The Bertz CT molecular complexity index is 1070. The van der Waals surface area contributed by atoms with Gasteiger partial charge in [-0.3, -0.25) is 0 Å². The van der Waals surface area contributed by atoms with Gasteiger partial charge < -0.3 is 9.47 Å². The van der Waals surface area contributed by atoms with Crippen molar-refractivity contribution in [2.24, 2.45) is 0 Å². The largest absolute Gasteiger partial charge is 0.439 e. The zero-order chi connectivity index (χ0) is 19.9. The third-order valence-corrected chi connectivity index (χ3v) is 3.37. The summed E-state index contributed by atoms with van der Waals surface area (Å²) < 4.78 is 11.1. The molecule has 0 saturated carbocycles. The van der Waals surface area contributed by atoms with Crippen LogP contribution >= 0.6 is 0 Å². The molecule has 3 aromatic rings. The maximum atomic E-state index is 9.04. The molecule has 2 aromatic carbocycles. The van der Waals surface area contributed by atoms with Crippen molar-refractivity contribution in [3.8, 4) is 47.7 Å². The Kier molecular flexibility index (Phi) is 5.09. The van der Waals surface area contributed by atoms with Crippen LogP contribution in [0.4, 0.5) is 0 Å². The Morgan fingerprint density at radius 2 is 1.11 bits per heavy atom. The smallest absolute Gasteiger partial charge is 0.325 e. The maximum absolute atomic E-state index is 9.04. The van der Waals surface area contributed by atoms with Gasteiger partial charge in [0.05, 0.1) is 46.5 Å². The summed E-state index contributed by atoms with van der Waals surface area (Å²) in [6.07, 6.45) is 1.40. The van der Waals surface area contributed by atoms with Crippen molar-refractivity contribution in [2.45, 2.75) is 0 Å². The van der Waals surface area contributed by atoms with Crippen LogP contribution in [0.3, 0.4) is 0 Å². The Balaban J connectivity index is 1.86. The van der Waals surface area contributed by atoms with Crippen LogP contribution in [0.25, 0.3) is 0 Å². The number of hydrogen-bond donors (Lipinski definition) is 0. The normalized spacial score (nSPS) is 9.29. The van der Waals surface area contributed by atoms with Gasteiger partial charge in [0, 0.05) is 12.3 Å². The molecule has 0 aliphatic rings. The standard InChI is InChI=1S/C20H8N6O2/c21-9-13-3-14(10-22)6-17(5-13)27-19-1-2-25-20(26-19)28-18-7-15(11-23)4-16(8-18)12-24/h1-8H. The highest BCUT2D eigenvalue weighted by Gasteiger charge is 2.08. The van der Waals surface area contributed by atoms with Crippen molar-refractivity contribution < 1.29 is 9.47 Å². The molecular formula is C20H8N6O2. The molecule has 0 saturated heterocycles. The lowest BCUT2D eigenvalue weighted by molar-refractivity contribution is 0.411. The van der Waals surface area contributed by atoms with Gasteiger partial charge in [0.25, 0.3) is 0 Å². The van der Waals surface area contributed by atoms with Crippen molar-refractivity contribution in [3.63, 3.8) is 0 Å². The van der Waals surface area contributed by atoms with Crippen LogP contribution < -0.4 is 9.47 Å². The fourth-order valence-corrected chi connectivity index (χ4v) is 2.23. The van der Waals surface area contributed by atoms with E-state index in [2.05, 4.69) is 9.97 Å². The van der Waals surface area contributed by atoms with Crippen LogP contribution in [0.1, 0.15) is 22.3 Å². The van der Waals surface area contributed by atoms with E-state index in [1.807, 2.05) is 24.3 Å². The van der Waals surface area contributed by atoms with Gasteiger partial charge in [0.2, 0.25) is 5.88 Å². The third-order valence-electron chi connectivity index (χ3n) is 3.37. The van der Waals surface area contributed by atoms with Gasteiger partial charge in [-0.2, -0.15) is 26.0 Å². The summed E-state index contributed by atoms with van der Waals surface area (Å²) in [6.45, 7) is 0. The van der Waals surface area contributed by atoms with Gasteiger partial charge >= 0.3 is 6.01 Å². The zero-order valence-corrected chi connectivity index (χ0v) is 14.1. The highest BCUT2D eigenvalue weighted by atomic mass is 16.5. The predicted octanol–water partition coefficient (Wildman–Crippen LogP) is 3.55. The zero-order valence-electron chi connectivity index (χ0n) is 14.1. The molecule has 28 heavy (non-hydrogen) atoms. The first-order chi connectivity index (χ1) is 13.6. The van der Waals surface area contributed by atoms with Crippen LogP contribution in [-0.4, -0.2) is 9.97 Å². The van der Waals surface area contributed by atoms with E-state index in [4.69, 9.17) is 30.5 Å². The Morgan fingerprint density at radius 3 is 1.57 bits per heavy atom. The molecule has 0 amide bonds. The first kappa shape index (κ1) is 17.9. The summed E-state index contributed by atoms with van der Waals surface area (Å²) >= 11 is 0. The molecule has 1 heterocycles. The monoisotopic (exact) mass is 364 g/mol. The van der Waals surface area contributed by atoms with E-state index < -0.39 is 0 Å². The minimum Gasteiger partial charge on any atom is -0.439 e. The highest BCUT2D eigenvalue weighted by molar-refractivity contribution is 5.47. The van der Waals surface area contributed by atoms with Gasteiger partial charge in [0.1, 0.15) is 11.5 Å². The summed E-state index contributed by atoms with van der Waals surface area (Å²) in [6, 6.07) is 17.9. The number of hydrogen-bond acceptors (Lipinski definition) is 8. The van der Waals surface area contributed by atoms with E-state index >= 15 is 0 Å². The average molecular weight is 364 g/mol. The topological polar surface area (TPSA) is 139 Å². The van der Waals surface area contributed by atoms with E-state index in [0.717, 1.165) is 0 Å². The quantitative estimate of drug-likeness (QED) is 0.684. The van der Waals surface area contributed by atoms with Gasteiger partial charge in [-0.25, -0.2) is 4.98 Å². The highest BCUT2D eigenvalue weighted by Crippen LogP contribution is 2.25. The second kappa shape index (κ2) is 7.97. The minimum absolute atomic E-state index is 0.0616. The molecule has 0 bridgehead atoms. The molecule has 0 atom stereocenters. The van der Waals surface area contributed by atoms with E-state index in [-0.39, 0.29) is 45.6 Å². The summed E-state index contributed by atoms with van der Waals surface area (Å²) in [7, 11) is 0. The van der Waals surface area contributed by atoms with Gasteiger partial charge in [0.15, 0.2) is 0 Å². The molecule has 0 radical (unpaired) electrons. The summed E-state index contributed by atoms with van der Waals surface area (Å²) in [5.41, 5.74) is 1.08. The Labute approximate surface area is 159 Å². The molecule has 8 nitrogen and oxygen atoms in total. The Morgan fingerprint density at radius 1 is 0.643 bits per heavy atom. The number of nitrogens with zero attached hydrogens (tertiary/aromatic N) is 6. The molecular weight excluding hydrogens is 356 g/mol. The molecule has 0 aliphatic carbocycles. The van der Waals surface area contributed by atoms with Crippen LogP contribution in [0.5, 0.6) is 23.4 Å². The molecule has 0 fully saturated rings. The number of nitriles is 4. The van der Waals surface area contributed by atoms with E-state index in [9.17, 15) is 0 Å². The van der Waals surface area contributed by atoms with Crippen molar-refractivity contribution >= 4 is 0 Å². The molecule has 0 N–H and O–H groups in total. The fraction of sp³-hybridized carbons (Fsp3) is 0. The van der Waals surface area contributed by atoms with Crippen LogP contribution in [0.2, 0.25) is 0 Å². The molecule has 3 rings (SSSR count). The number of benzene rings is 2. The molecule has 0 spiro atoms. The minimum atomic E-state index is -0.0616. The number of rotatable bonds is 4. The SMILES string of the molecule is N#Cc1cc(C#N)cc(Oc2ccnc(Oc3cc(C#N)cc(C#N)c3)n2)c1. The number of ether oxygens (including phenoxy) is 2. The van der Waals surface area contributed by atoms with E-state index in [0.29, 0.717) is 0 Å². The van der Waals surface area contributed by atoms with Crippen molar-refractivity contribution in [2.75, 3.05) is 0 Å². The van der Waals surface area contributed by atoms with Gasteiger partial charge in [-0.15, -0.1) is 0 Å². The second-order valence-corrected chi connectivity index (χ2v) is 5.32. The lowest BCUT2D eigenvalue weighted by atomic mass is 10.1. The lowest BCUT2D eigenvalue weighted by Crippen LogP contribution is -1.96. The predicted molar refractivity (Wildman–Crippen MR) is 93.9 cm³/mol. The van der Waals surface area contributed by atoms with Crippen LogP contribution in [-0.2, 0) is 0 Å².